The predicted octanol–water partition coefficient (Wildman–Crippen LogP) is 5.32. The van der Waals surface area contributed by atoms with E-state index in [9.17, 15) is 14.0 Å². The Morgan fingerprint density at radius 1 is 1.17 bits per heavy atom. The second kappa shape index (κ2) is 10.7. The number of cyclic esters (lactones) is 1. The van der Waals surface area contributed by atoms with Crippen molar-refractivity contribution in [2.24, 2.45) is 4.99 Å². The van der Waals surface area contributed by atoms with Crippen molar-refractivity contribution in [3.63, 3.8) is 0 Å². The monoisotopic (exact) mass is 586 g/mol. The van der Waals surface area contributed by atoms with Gasteiger partial charge in [-0.25, -0.2) is 14.2 Å². The summed E-state index contributed by atoms with van der Waals surface area (Å²) in [6.45, 7) is 1.46. The van der Waals surface area contributed by atoms with Crippen molar-refractivity contribution < 1.29 is 28.2 Å². The smallest absolute Gasteiger partial charge is 0.363 e. The van der Waals surface area contributed by atoms with E-state index in [1.54, 1.807) is 60.7 Å². The average molecular weight is 586 g/mol. The van der Waals surface area contributed by atoms with Crippen molar-refractivity contribution in [2.75, 3.05) is 12.4 Å². The average Bonchev–Trinajstić information content (AvgIpc) is 3.19. The second-order valence-electron chi connectivity index (χ2n) is 7.51. The standard InChI is InChI=1S/C26H20FIN2O5/c1-15(31)29-19-9-7-17(8-10-19)25-30-22(26(32)35-25)12-16-11-21(28)24(23(13-16)33-2)34-14-18-5-3-4-6-20(18)27/h3-13H,14H2,1-2H3,(H,29,31)/b22-12-. The third-order valence-electron chi connectivity index (χ3n) is 4.96. The molecular formula is C26H20FIN2O5. The van der Waals surface area contributed by atoms with E-state index < -0.39 is 5.97 Å². The summed E-state index contributed by atoms with van der Waals surface area (Å²) < 4.78 is 31.3. The molecule has 1 aliphatic rings. The minimum absolute atomic E-state index is 0.0418. The Hall–Kier alpha value is -3.73. The van der Waals surface area contributed by atoms with Crippen LogP contribution in [0.3, 0.4) is 0 Å². The van der Waals surface area contributed by atoms with E-state index in [0.717, 1.165) is 0 Å². The molecule has 0 radical (unpaired) electrons. The van der Waals surface area contributed by atoms with Crippen LogP contribution in [0.5, 0.6) is 11.5 Å². The number of amides is 1. The second-order valence-corrected chi connectivity index (χ2v) is 8.67. The van der Waals surface area contributed by atoms with Gasteiger partial charge in [0.25, 0.3) is 0 Å². The number of benzene rings is 3. The van der Waals surface area contributed by atoms with E-state index in [0.29, 0.717) is 37.4 Å². The number of methoxy groups -OCH3 is 1. The van der Waals surface area contributed by atoms with Gasteiger partial charge in [-0.05, 0) is 76.7 Å². The lowest BCUT2D eigenvalue weighted by Gasteiger charge is -2.14. The number of hydrogen-bond donors (Lipinski definition) is 1. The Labute approximate surface area is 214 Å². The molecule has 7 nitrogen and oxygen atoms in total. The van der Waals surface area contributed by atoms with Crippen LogP contribution in [0.15, 0.2) is 71.4 Å². The summed E-state index contributed by atoms with van der Waals surface area (Å²) in [5.41, 5.74) is 2.43. The highest BCUT2D eigenvalue weighted by molar-refractivity contribution is 14.1. The fourth-order valence-corrected chi connectivity index (χ4v) is 4.10. The fraction of sp³-hybridized carbons (Fsp3) is 0.115. The van der Waals surface area contributed by atoms with Crippen LogP contribution < -0.4 is 14.8 Å². The van der Waals surface area contributed by atoms with Gasteiger partial charge < -0.3 is 19.5 Å². The summed E-state index contributed by atoms with van der Waals surface area (Å²) >= 11 is 2.09. The fourth-order valence-electron chi connectivity index (χ4n) is 3.32. The molecular weight excluding hydrogens is 566 g/mol. The molecule has 0 bridgehead atoms. The molecule has 178 valence electrons. The number of ether oxygens (including phenoxy) is 3. The molecule has 4 rings (SSSR count). The van der Waals surface area contributed by atoms with Gasteiger partial charge >= 0.3 is 5.97 Å². The number of aliphatic imine (C=N–C) groups is 1. The summed E-state index contributed by atoms with van der Waals surface area (Å²) in [5, 5.41) is 2.68. The van der Waals surface area contributed by atoms with E-state index >= 15 is 0 Å². The minimum atomic E-state index is -0.584. The lowest BCUT2D eigenvalue weighted by molar-refractivity contribution is -0.129. The molecule has 0 unspecified atom stereocenters. The maximum atomic E-state index is 13.9. The molecule has 1 heterocycles. The van der Waals surface area contributed by atoms with Crippen molar-refractivity contribution >= 4 is 52.1 Å². The van der Waals surface area contributed by atoms with E-state index in [-0.39, 0.29) is 29.9 Å². The molecule has 1 amide bonds. The van der Waals surface area contributed by atoms with Gasteiger partial charge in [0.2, 0.25) is 11.8 Å². The molecule has 0 aromatic heterocycles. The maximum absolute atomic E-state index is 13.9. The van der Waals surface area contributed by atoms with Gasteiger partial charge in [0, 0.05) is 23.7 Å². The first-order chi connectivity index (χ1) is 16.8. The van der Waals surface area contributed by atoms with E-state index in [4.69, 9.17) is 14.2 Å². The van der Waals surface area contributed by atoms with Crippen LogP contribution >= 0.6 is 22.6 Å². The highest BCUT2D eigenvalue weighted by Gasteiger charge is 2.24. The molecule has 1 N–H and O–H groups in total. The number of hydrogen-bond acceptors (Lipinski definition) is 6. The van der Waals surface area contributed by atoms with Gasteiger partial charge in [0.05, 0.1) is 10.7 Å². The van der Waals surface area contributed by atoms with Crippen LogP contribution in [0.2, 0.25) is 0 Å². The zero-order valence-corrected chi connectivity index (χ0v) is 21.0. The van der Waals surface area contributed by atoms with Gasteiger partial charge in [0.1, 0.15) is 12.4 Å². The van der Waals surface area contributed by atoms with Crippen molar-refractivity contribution in [1.82, 2.24) is 0 Å². The highest BCUT2D eigenvalue weighted by Crippen LogP contribution is 2.35. The number of rotatable bonds is 7. The number of carbonyl (C=O) groups is 2. The molecule has 3 aromatic rings. The van der Waals surface area contributed by atoms with E-state index in [1.165, 1.54) is 20.1 Å². The Morgan fingerprint density at radius 3 is 2.60 bits per heavy atom. The molecule has 0 saturated heterocycles. The van der Waals surface area contributed by atoms with Crippen LogP contribution in [0, 0.1) is 9.39 Å². The first-order valence-corrected chi connectivity index (χ1v) is 11.6. The van der Waals surface area contributed by atoms with Gasteiger partial charge in [-0.15, -0.1) is 0 Å². The van der Waals surface area contributed by atoms with Gasteiger partial charge in [-0.1, -0.05) is 18.2 Å². The number of carbonyl (C=O) groups excluding carboxylic acids is 2. The lowest BCUT2D eigenvalue weighted by atomic mass is 10.1. The van der Waals surface area contributed by atoms with Crippen LogP contribution in [0.4, 0.5) is 10.1 Å². The largest absolute Gasteiger partial charge is 0.493 e. The van der Waals surface area contributed by atoms with Crippen LogP contribution in [0.1, 0.15) is 23.6 Å². The van der Waals surface area contributed by atoms with Crippen molar-refractivity contribution in [1.29, 1.82) is 0 Å². The zero-order chi connectivity index (χ0) is 24.9. The van der Waals surface area contributed by atoms with Crippen LogP contribution in [-0.2, 0) is 20.9 Å². The molecule has 3 aromatic carbocycles. The zero-order valence-electron chi connectivity index (χ0n) is 18.8. The van der Waals surface area contributed by atoms with Crippen molar-refractivity contribution in [3.8, 4) is 11.5 Å². The lowest BCUT2D eigenvalue weighted by Crippen LogP contribution is -2.07. The molecule has 0 aliphatic carbocycles. The Morgan fingerprint density at radius 2 is 1.91 bits per heavy atom. The molecule has 0 atom stereocenters. The third kappa shape index (κ3) is 5.86. The molecule has 35 heavy (non-hydrogen) atoms. The third-order valence-corrected chi connectivity index (χ3v) is 5.76. The summed E-state index contributed by atoms with van der Waals surface area (Å²) in [5.74, 6) is -0.0376. The van der Waals surface area contributed by atoms with Gasteiger partial charge in [-0.2, -0.15) is 0 Å². The van der Waals surface area contributed by atoms with Gasteiger partial charge in [0.15, 0.2) is 17.2 Å². The first-order valence-electron chi connectivity index (χ1n) is 10.5. The first kappa shape index (κ1) is 24.4. The Kier molecular flexibility index (Phi) is 7.45. The molecule has 9 heteroatoms. The van der Waals surface area contributed by atoms with E-state index in [2.05, 4.69) is 32.9 Å². The van der Waals surface area contributed by atoms with Crippen LogP contribution in [0.25, 0.3) is 6.08 Å². The maximum Gasteiger partial charge on any atom is 0.363 e. The SMILES string of the molecule is COc1cc(/C=C2\N=C(c3ccc(NC(C)=O)cc3)OC2=O)cc(I)c1OCc1ccccc1F. The van der Waals surface area contributed by atoms with E-state index in [1.807, 2.05) is 0 Å². The molecule has 0 spiro atoms. The summed E-state index contributed by atoms with van der Waals surface area (Å²) in [7, 11) is 1.50. The molecule has 1 aliphatic heterocycles. The Balaban J connectivity index is 1.56. The highest BCUT2D eigenvalue weighted by atomic mass is 127. The normalized spacial score (nSPS) is 13.9. The quantitative estimate of drug-likeness (QED) is 0.230. The number of esters is 1. The molecule has 0 saturated carbocycles. The summed E-state index contributed by atoms with van der Waals surface area (Å²) in [6, 6.07) is 16.7. The predicted molar refractivity (Wildman–Crippen MR) is 138 cm³/mol. The number of nitrogens with one attached hydrogen (secondary N) is 1. The minimum Gasteiger partial charge on any atom is -0.493 e. The van der Waals surface area contributed by atoms with Crippen molar-refractivity contribution in [2.45, 2.75) is 13.5 Å². The number of nitrogens with zero attached hydrogens (tertiary/aromatic N) is 1. The summed E-state index contributed by atoms with van der Waals surface area (Å²) in [4.78, 5) is 27.9. The number of anilines is 1. The Bertz CT molecular complexity index is 1350. The van der Waals surface area contributed by atoms with Crippen LogP contribution in [-0.4, -0.2) is 24.9 Å². The van der Waals surface area contributed by atoms with Gasteiger partial charge in [-0.3, -0.25) is 4.79 Å². The number of halogens is 2. The topological polar surface area (TPSA) is 86.2 Å². The van der Waals surface area contributed by atoms with Crippen molar-refractivity contribution in [3.05, 3.63) is 92.4 Å². The molecule has 0 fully saturated rings. The summed E-state index contributed by atoms with van der Waals surface area (Å²) in [6.07, 6.45) is 1.59.